The van der Waals surface area contributed by atoms with Gasteiger partial charge >= 0.3 is 0 Å². The molecule has 0 aliphatic carbocycles. The summed E-state index contributed by atoms with van der Waals surface area (Å²) in [6, 6.07) is 5.45. The van der Waals surface area contributed by atoms with Crippen LogP contribution in [0.2, 0.25) is 0 Å². The summed E-state index contributed by atoms with van der Waals surface area (Å²) in [5.41, 5.74) is 0.668. The number of carbonyl (C=O) groups is 1. The Labute approximate surface area is 107 Å². The van der Waals surface area contributed by atoms with Gasteiger partial charge in [0.2, 0.25) is 0 Å². The maximum atomic E-state index is 12.2. The topological polar surface area (TPSA) is 29.5 Å². The zero-order chi connectivity index (χ0) is 11.5. The molecule has 1 heterocycles. The summed E-state index contributed by atoms with van der Waals surface area (Å²) in [7, 11) is 1.60. The van der Waals surface area contributed by atoms with Gasteiger partial charge in [0.15, 0.2) is 0 Å². The average molecular weight is 302 g/mol. The molecule has 1 aromatic rings. The van der Waals surface area contributed by atoms with Gasteiger partial charge in [-0.25, -0.2) is 0 Å². The molecule has 1 saturated heterocycles. The molecule has 86 valence electrons. The summed E-state index contributed by atoms with van der Waals surface area (Å²) in [5, 5.41) is 0. The minimum Gasteiger partial charge on any atom is -0.497 e. The van der Waals surface area contributed by atoms with Crippen molar-refractivity contribution in [2.24, 2.45) is 0 Å². The van der Waals surface area contributed by atoms with Crippen molar-refractivity contribution in [2.45, 2.75) is 0 Å². The smallest absolute Gasteiger partial charge is 0.255 e. The van der Waals surface area contributed by atoms with Crippen molar-refractivity contribution < 1.29 is 9.53 Å². The predicted molar refractivity (Wildman–Crippen MR) is 69.1 cm³/mol. The lowest BCUT2D eigenvalue weighted by Gasteiger charge is -2.15. The first-order chi connectivity index (χ1) is 7.72. The van der Waals surface area contributed by atoms with Crippen LogP contribution in [0, 0.1) is 0 Å². The molecule has 1 amide bonds. The van der Waals surface area contributed by atoms with E-state index in [4.69, 9.17) is 4.74 Å². The number of hydrogen-bond donors (Lipinski definition) is 0. The first-order valence-electron chi connectivity index (χ1n) is 4.93. The molecule has 1 fully saturated rings. The largest absolute Gasteiger partial charge is 0.497 e. The van der Waals surface area contributed by atoms with Crippen LogP contribution in [0.5, 0.6) is 5.75 Å². The molecule has 3 nitrogen and oxygen atoms in total. The Morgan fingerprint density at radius 3 is 3.00 bits per heavy atom. The molecule has 1 aliphatic heterocycles. The van der Waals surface area contributed by atoms with E-state index < -0.39 is 0 Å². The van der Waals surface area contributed by atoms with Gasteiger partial charge in [-0.1, -0.05) is 0 Å². The van der Waals surface area contributed by atoms with Gasteiger partial charge in [0.1, 0.15) is 5.75 Å². The van der Waals surface area contributed by atoms with E-state index in [1.165, 1.54) is 0 Å². The number of thioether (sulfide) groups is 1. The van der Waals surface area contributed by atoms with Crippen LogP contribution in [0.15, 0.2) is 22.7 Å². The van der Waals surface area contributed by atoms with E-state index in [0.29, 0.717) is 11.3 Å². The van der Waals surface area contributed by atoms with Crippen molar-refractivity contribution in [1.82, 2.24) is 4.90 Å². The predicted octanol–water partition coefficient (Wildman–Crippen LogP) is 2.60. The molecular formula is C11H12BrNO2S. The molecule has 1 aliphatic rings. The number of benzene rings is 1. The molecule has 0 radical (unpaired) electrons. The second kappa shape index (κ2) is 5.10. The fourth-order valence-electron chi connectivity index (χ4n) is 1.54. The van der Waals surface area contributed by atoms with Gasteiger partial charge in [-0.05, 0) is 34.1 Å². The standard InChI is InChI=1S/C11H12BrNO2S/c1-15-8-2-3-10(12)9(6-8)11(14)13-4-5-16-7-13/h2-3,6H,4-5,7H2,1H3. The van der Waals surface area contributed by atoms with Gasteiger partial charge in [-0.2, -0.15) is 0 Å². The normalized spacial score (nSPS) is 15.2. The average Bonchev–Trinajstić information content (AvgIpc) is 2.82. The Morgan fingerprint density at radius 1 is 1.56 bits per heavy atom. The number of hydrogen-bond acceptors (Lipinski definition) is 3. The first kappa shape index (κ1) is 11.8. The maximum Gasteiger partial charge on any atom is 0.255 e. The highest BCUT2D eigenvalue weighted by Crippen LogP contribution is 2.25. The van der Waals surface area contributed by atoms with Gasteiger partial charge < -0.3 is 9.64 Å². The van der Waals surface area contributed by atoms with E-state index in [1.807, 2.05) is 17.0 Å². The summed E-state index contributed by atoms with van der Waals surface area (Å²) >= 11 is 5.18. The van der Waals surface area contributed by atoms with Crippen LogP contribution in [0.3, 0.4) is 0 Å². The summed E-state index contributed by atoms with van der Waals surface area (Å²) < 4.78 is 5.94. The third kappa shape index (κ3) is 2.35. The second-order valence-corrected chi connectivity index (χ2v) is 5.38. The third-order valence-corrected chi connectivity index (χ3v) is 4.10. The lowest BCUT2D eigenvalue weighted by Crippen LogP contribution is -2.28. The summed E-state index contributed by atoms with van der Waals surface area (Å²) in [5.74, 6) is 2.57. The fraction of sp³-hybridized carbons (Fsp3) is 0.364. The second-order valence-electron chi connectivity index (χ2n) is 3.45. The van der Waals surface area contributed by atoms with Crippen molar-refractivity contribution >= 4 is 33.6 Å². The third-order valence-electron chi connectivity index (χ3n) is 2.44. The Bertz CT molecular complexity index is 405. The number of methoxy groups -OCH3 is 1. The highest BCUT2D eigenvalue weighted by Gasteiger charge is 2.21. The van der Waals surface area contributed by atoms with Gasteiger partial charge in [-0.15, -0.1) is 11.8 Å². The maximum absolute atomic E-state index is 12.2. The zero-order valence-electron chi connectivity index (χ0n) is 8.90. The Balaban J connectivity index is 2.27. The lowest BCUT2D eigenvalue weighted by atomic mass is 10.2. The van der Waals surface area contributed by atoms with E-state index in [9.17, 15) is 4.79 Å². The molecule has 0 N–H and O–H groups in total. The molecule has 0 bridgehead atoms. The SMILES string of the molecule is COc1ccc(Br)c(C(=O)N2CCSC2)c1. The van der Waals surface area contributed by atoms with Crippen molar-refractivity contribution in [2.75, 3.05) is 25.3 Å². The monoisotopic (exact) mass is 301 g/mol. The first-order valence-corrected chi connectivity index (χ1v) is 6.87. The highest BCUT2D eigenvalue weighted by atomic mass is 79.9. The fourth-order valence-corrected chi connectivity index (χ4v) is 2.90. The van der Waals surface area contributed by atoms with Gasteiger partial charge in [0.05, 0.1) is 18.6 Å². The molecular weight excluding hydrogens is 290 g/mol. The number of rotatable bonds is 2. The number of carbonyl (C=O) groups excluding carboxylic acids is 1. The summed E-state index contributed by atoms with van der Waals surface area (Å²) in [6.45, 7) is 0.827. The van der Waals surface area contributed by atoms with Crippen molar-refractivity contribution in [3.63, 3.8) is 0 Å². The van der Waals surface area contributed by atoms with Crippen LogP contribution < -0.4 is 4.74 Å². The summed E-state index contributed by atoms with van der Waals surface area (Å²) in [6.07, 6.45) is 0. The lowest BCUT2D eigenvalue weighted by molar-refractivity contribution is 0.0801. The van der Waals surface area contributed by atoms with E-state index in [2.05, 4.69) is 15.9 Å². The molecule has 2 rings (SSSR count). The molecule has 0 unspecified atom stereocenters. The number of nitrogens with zero attached hydrogens (tertiary/aromatic N) is 1. The Kier molecular flexibility index (Phi) is 3.76. The Morgan fingerprint density at radius 2 is 2.38 bits per heavy atom. The van der Waals surface area contributed by atoms with E-state index in [1.54, 1.807) is 24.9 Å². The van der Waals surface area contributed by atoms with Crippen LogP contribution in [0.25, 0.3) is 0 Å². The summed E-state index contributed by atoms with van der Waals surface area (Å²) in [4.78, 5) is 14.0. The van der Waals surface area contributed by atoms with Crippen LogP contribution in [0.1, 0.15) is 10.4 Å². The molecule has 1 aromatic carbocycles. The van der Waals surface area contributed by atoms with Gasteiger partial charge in [-0.3, -0.25) is 4.79 Å². The highest BCUT2D eigenvalue weighted by molar-refractivity contribution is 9.10. The molecule has 16 heavy (non-hydrogen) atoms. The van der Waals surface area contributed by atoms with Crippen LogP contribution in [0.4, 0.5) is 0 Å². The van der Waals surface area contributed by atoms with E-state index in [0.717, 1.165) is 22.6 Å². The molecule has 0 atom stereocenters. The van der Waals surface area contributed by atoms with Crippen LogP contribution >= 0.6 is 27.7 Å². The minimum absolute atomic E-state index is 0.0655. The van der Waals surface area contributed by atoms with Crippen molar-refractivity contribution in [3.05, 3.63) is 28.2 Å². The minimum atomic E-state index is 0.0655. The van der Waals surface area contributed by atoms with E-state index >= 15 is 0 Å². The van der Waals surface area contributed by atoms with Gasteiger partial charge in [0, 0.05) is 16.8 Å². The number of ether oxygens (including phenoxy) is 1. The molecule has 0 saturated carbocycles. The van der Waals surface area contributed by atoms with Crippen molar-refractivity contribution in [1.29, 1.82) is 0 Å². The number of amides is 1. The van der Waals surface area contributed by atoms with Crippen LogP contribution in [-0.2, 0) is 0 Å². The zero-order valence-corrected chi connectivity index (χ0v) is 11.3. The van der Waals surface area contributed by atoms with Crippen molar-refractivity contribution in [3.8, 4) is 5.75 Å². The van der Waals surface area contributed by atoms with Crippen LogP contribution in [-0.4, -0.2) is 36.1 Å². The number of halogens is 1. The molecule has 0 spiro atoms. The molecule has 0 aromatic heterocycles. The Hall–Kier alpha value is -0.680. The van der Waals surface area contributed by atoms with E-state index in [-0.39, 0.29) is 5.91 Å². The molecule has 5 heteroatoms. The van der Waals surface area contributed by atoms with Gasteiger partial charge in [0.25, 0.3) is 5.91 Å². The quantitative estimate of drug-likeness (QED) is 0.841.